The summed E-state index contributed by atoms with van der Waals surface area (Å²) < 4.78 is 39.6. The fourth-order valence-corrected chi connectivity index (χ4v) is 5.81. The van der Waals surface area contributed by atoms with E-state index in [1.54, 1.807) is 41.3 Å². The lowest BCUT2D eigenvalue weighted by Crippen LogP contribution is -2.40. The molecule has 12 heteroatoms. The zero-order chi connectivity index (χ0) is 25.1. The van der Waals surface area contributed by atoms with E-state index in [2.05, 4.69) is 10.1 Å². The second kappa shape index (κ2) is 10.1. The van der Waals surface area contributed by atoms with Crippen molar-refractivity contribution < 1.29 is 27.8 Å². The summed E-state index contributed by atoms with van der Waals surface area (Å²) >= 11 is 1.34. The van der Waals surface area contributed by atoms with E-state index in [4.69, 9.17) is 9.15 Å². The topological polar surface area (TPSA) is 130 Å². The molecule has 2 aromatic heterocycles. The largest absolute Gasteiger partial charge is 0.504 e. The molecule has 5 rings (SSSR count). The average Bonchev–Trinajstić information content (AvgIpc) is 3.56. The number of nitrogens with zero attached hydrogens (tertiary/aromatic N) is 4. The molecule has 3 heterocycles. The molecule has 0 spiro atoms. The minimum absolute atomic E-state index is 0.198. The highest BCUT2D eigenvalue weighted by Crippen LogP contribution is 2.25. The number of thiazole rings is 1. The SMILES string of the molecule is O=S(=O)(c1ccc(N=c2scc(-c3ccco3)n2N=Cc2ccc(O)c(O)c2)cc1)N1CCOCC1. The standard InChI is InChI=1S/C24H22N4O6S2/c29-21-8-3-17(14-22(21)30)15-25-28-20(23-2-1-11-34-23)16-35-24(28)26-18-4-6-19(7-5-18)36(31,32)27-9-12-33-13-10-27/h1-8,11,14-16,29-30H,9-10,12-13H2. The fourth-order valence-electron chi connectivity index (χ4n) is 3.57. The molecule has 0 aliphatic carbocycles. The molecule has 1 saturated heterocycles. The van der Waals surface area contributed by atoms with Crippen LogP contribution < -0.4 is 4.80 Å². The van der Waals surface area contributed by atoms with Crippen molar-refractivity contribution in [2.45, 2.75) is 4.90 Å². The van der Waals surface area contributed by atoms with Gasteiger partial charge in [0.25, 0.3) is 0 Å². The molecule has 2 N–H and O–H groups in total. The van der Waals surface area contributed by atoms with E-state index < -0.39 is 10.0 Å². The molecule has 0 amide bonds. The Morgan fingerprint density at radius 1 is 1.00 bits per heavy atom. The first kappa shape index (κ1) is 24.0. The summed E-state index contributed by atoms with van der Waals surface area (Å²) in [6.07, 6.45) is 3.08. The first-order valence-corrected chi connectivity index (χ1v) is 13.3. The summed E-state index contributed by atoms with van der Waals surface area (Å²) in [4.78, 5) is 5.38. The summed E-state index contributed by atoms with van der Waals surface area (Å²) in [5.74, 6) is 0.115. The lowest BCUT2D eigenvalue weighted by atomic mass is 10.2. The fraction of sp³-hybridized carbons (Fsp3) is 0.167. The van der Waals surface area contributed by atoms with Crippen LogP contribution >= 0.6 is 11.3 Å². The summed E-state index contributed by atoms with van der Waals surface area (Å²) in [5, 5.41) is 25.7. The molecule has 1 fully saturated rings. The van der Waals surface area contributed by atoms with E-state index in [0.717, 1.165) is 0 Å². The third-order valence-corrected chi connectivity index (χ3v) is 8.18. The summed E-state index contributed by atoms with van der Waals surface area (Å²) in [7, 11) is -3.60. The maximum Gasteiger partial charge on any atom is 0.243 e. The number of benzene rings is 2. The normalized spacial score (nSPS) is 15.6. The Balaban J connectivity index is 1.49. The average molecular weight is 527 g/mol. The van der Waals surface area contributed by atoms with E-state index in [1.807, 2.05) is 5.38 Å². The van der Waals surface area contributed by atoms with Crippen molar-refractivity contribution in [3.63, 3.8) is 0 Å². The number of phenols is 2. The van der Waals surface area contributed by atoms with Crippen LogP contribution in [0.3, 0.4) is 0 Å². The number of phenolic OH excluding ortho intramolecular Hbond substituents is 2. The Morgan fingerprint density at radius 3 is 2.47 bits per heavy atom. The first-order chi connectivity index (χ1) is 17.4. The molecule has 0 atom stereocenters. The first-order valence-electron chi connectivity index (χ1n) is 11.0. The summed E-state index contributed by atoms with van der Waals surface area (Å²) in [5.41, 5.74) is 1.78. The molecule has 186 valence electrons. The van der Waals surface area contributed by atoms with E-state index in [1.165, 1.54) is 46.1 Å². The molecule has 0 radical (unpaired) electrons. The monoisotopic (exact) mass is 526 g/mol. The van der Waals surface area contributed by atoms with E-state index in [-0.39, 0.29) is 16.4 Å². The van der Waals surface area contributed by atoms with Crippen molar-refractivity contribution in [2.24, 2.45) is 10.1 Å². The molecule has 1 aliphatic rings. The van der Waals surface area contributed by atoms with E-state index in [9.17, 15) is 18.6 Å². The van der Waals surface area contributed by atoms with Crippen LogP contribution in [0.15, 0.2) is 85.6 Å². The molecule has 36 heavy (non-hydrogen) atoms. The van der Waals surface area contributed by atoms with Gasteiger partial charge in [-0.25, -0.2) is 18.1 Å². The zero-order valence-corrected chi connectivity index (χ0v) is 20.5. The van der Waals surface area contributed by atoms with Gasteiger partial charge in [0.2, 0.25) is 14.8 Å². The summed E-state index contributed by atoms with van der Waals surface area (Å²) in [6.45, 7) is 1.42. The molecule has 10 nitrogen and oxygen atoms in total. The van der Waals surface area contributed by atoms with E-state index in [0.29, 0.717) is 53.8 Å². The van der Waals surface area contributed by atoms with Crippen LogP contribution in [0.5, 0.6) is 11.5 Å². The third-order valence-electron chi connectivity index (χ3n) is 5.45. The number of furan rings is 1. The van der Waals surface area contributed by atoms with Crippen molar-refractivity contribution in [3.05, 3.63) is 76.6 Å². The summed E-state index contributed by atoms with van der Waals surface area (Å²) in [6, 6.07) is 14.3. The van der Waals surface area contributed by atoms with Gasteiger partial charge >= 0.3 is 0 Å². The number of aromatic nitrogens is 1. The van der Waals surface area contributed by atoms with Crippen molar-refractivity contribution in [3.8, 4) is 23.0 Å². The smallest absolute Gasteiger partial charge is 0.243 e. The van der Waals surface area contributed by atoms with E-state index >= 15 is 0 Å². The molecule has 2 aromatic carbocycles. The Kier molecular flexibility index (Phi) is 6.74. The molecular weight excluding hydrogens is 504 g/mol. The van der Waals surface area contributed by atoms with Gasteiger partial charge in [-0.3, -0.25) is 0 Å². The van der Waals surface area contributed by atoms with Crippen LogP contribution in [-0.4, -0.2) is 60.1 Å². The van der Waals surface area contributed by atoms with Gasteiger partial charge in [-0.2, -0.15) is 9.41 Å². The van der Waals surface area contributed by atoms with Gasteiger partial charge in [-0.15, -0.1) is 11.3 Å². The number of hydrogen-bond acceptors (Lipinski definition) is 9. The van der Waals surface area contributed by atoms with Crippen molar-refractivity contribution in [1.29, 1.82) is 0 Å². The van der Waals surface area contributed by atoms with Crippen LogP contribution in [0.2, 0.25) is 0 Å². The maximum atomic E-state index is 12.9. The van der Waals surface area contributed by atoms with Crippen molar-refractivity contribution in [2.75, 3.05) is 26.3 Å². The zero-order valence-electron chi connectivity index (χ0n) is 18.9. The predicted octanol–water partition coefficient (Wildman–Crippen LogP) is 3.36. The number of rotatable bonds is 6. The minimum atomic E-state index is -3.60. The van der Waals surface area contributed by atoms with Crippen LogP contribution in [0.4, 0.5) is 5.69 Å². The number of ether oxygens (including phenoxy) is 1. The Morgan fingerprint density at radius 2 is 1.78 bits per heavy atom. The van der Waals surface area contributed by atoms with Gasteiger partial charge in [-0.1, -0.05) is 0 Å². The van der Waals surface area contributed by atoms with Crippen LogP contribution in [0.25, 0.3) is 11.5 Å². The van der Waals surface area contributed by atoms with Crippen LogP contribution in [0.1, 0.15) is 5.56 Å². The highest BCUT2D eigenvalue weighted by Gasteiger charge is 2.26. The maximum absolute atomic E-state index is 12.9. The molecule has 0 unspecified atom stereocenters. The third kappa shape index (κ3) is 4.97. The molecule has 0 saturated carbocycles. The Hall–Kier alpha value is -3.71. The van der Waals surface area contributed by atoms with Gasteiger partial charge in [0.1, 0.15) is 5.69 Å². The highest BCUT2D eigenvalue weighted by atomic mass is 32.2. The van der Waals surface area contributed by atoms with Gasteiger partial charge in [0.05, 0.1) is 36.3 Å². The molecule has 4 aromatic rings. The number of aromatic hydroxyl groups is 2. The quantitative estimate of drug-likeness (QED) is 0.293. The number of hydrogen-bond donors (Lipinski definition) is 2. The number of sulfonamides is 1. The van der Waals surface area contributed by atoms with Crippen molar-refractivity contribution in [1.82, 2.24) is 8.98 Å². The van der Waals surface area contributed by atoms with Gasteiger partial charge in [0, 0.05) is 18.5 Å². The number of morpholine rings is 1. The van der Waals surface area contributed by atoms with Gasteiger partial charge in [-0.05, 0) is 60.2 Å². The molecular formula is C24H22N4O6S2. The Bertz CT molecular complexity index is 1550. The van der Waals surface area contributed by atoms with Crippen LogP contribution in [0, 0.1) is 0 Å². The van der Waals surface area contributed by atoms with Gasteiger partial charge in [0.15, 0.2) is 17.3 Å². The predicted molar refractivity (Wildman–Crippen MR) is 134 cm³/mol. The minimum Gasteiger partial charge on any atom is -0.504 e. The Labute approximate surface area is 210 Å². The second-order valence-corrected chi connectivity index (χ2v) is 10.6. The highest BCUT2D eigenvalue weighted by molar-refractivity contribution is 7.89. The lowest BCUT2D eigenvalue weighted by Gasteiger charge is -2.26. The van der Waals surface area contributed by atoms with Gasteiger partial charge < -0.3 is 19.4 Å². The molecule has 1 aliphatic heterocycles. The lowest BCUT2D eigenvalue weighted by molar-refractivity contribution is 0.0730. The van der Waals surface area contributed by atoms with Crippen molar-refractivity contribution >= 4 is 33.3 Å². The second-order valence-electron chi connectivity index (χ2n) is 7.81. The molecule has 0 bridgehead atoms. The van der Waals surface area contributed by atoms with Crippen LogP contribution in [-0.2, 0) is 14.8 Å².